The lowest BCUT2D eigenvalue weighted by Crippen LogP contribution is -2.33. The van der Waals surface area contributed by atoms with Crippen LogP contribution in [0.3, 0.4) is 0 Å². The third-order valence-corrected chi connectivity index (χ3v) is 2.32. The number of aliphatic hydroxyl groups excluding tert-OH is 1. The molecule has 0 aromatic carbocycles. The average molecular weight is 219 g/mol. The fourth-order valence-corrected chi connectivity index (χ4v) is 1.77. The summed E-state index contributed by atoms with van der Waals surface area (Å²) in [6.45, 7) is 3.53. The van der Waals surface area contributed by atoms with E-state index in [-0.39, 0.29) is 0 Å². The van der Waals surface area contributed by atoms with Crippen molar-refractivity contribution in [2.45, 2.75) is 44.2 Å². The van der Waals surface area contributed by atoms with Crippen molar-refractivity contribution in [2.24, 2.45) is 0 Å². The number of ether oxygens (including phenoxy) is 3. The van der Waals surface area contributed by atoms with Crippen LogP contribution in [0.1, 0.15) is 13.8 Å². The highest BCUT2D eigenvalue weighted by Gasteiger charge is 2.53. The van der Waals surface area contributed by atoms with Crippen LogP contribution in [0.2, 0.25) is 0 Å². The van der Waals surface area contributed by atoms with Gasteiger partial charge in [-0.1, -0.05) is 5.92 Å². The van der Waals surface area contributed by atoms with Gasteiger partial charge < -0.3 is 19.3 Å². The first-order valence-corrected chi connectivity index (χ1v) is 4.71. The Kier molecular flexibility index (Phi) is 2.46. The highest BCUT2D eigenvalue weighted by atomic mass is 35.5. The number of rotatable bonds is 0. The van der Waals surface area contributed by atoms with E-state index < -0.39 is 30.4 Å². The predicted molar refractivity (Wildman–Crippen MR) is 48.3 cm³/mol. The van der Waals surface area contributed by atoms with Gasteiger partial charge in [-0.25, -0.2) is 0 Å². The Morgan fingerprint density at radius 2 is 2.07 bits per heavy atom. The second-order valence-electron chi connectivity index (χ2n) is 3.75. The third kappa shape index (κ3) is 1.62. The van der Waals surface area contributed by atoms with Gasteiger partial charge in [-0.15, -0.1) is 0 Å². The molecule has 2 rings (SSSR count). The van der Waals surface area contributed by atoms with Crippen molar-refractivity contribution in [3.8, 4) is 11.3 Å². The van der Waals surface area contributed by atoms with E-state index in [0.717, 1.165) is 0 Å². The van der Waals surface area contributed by atoms with Gasteiger partial charge in [0.05, 0.1) is 0 Å². The molecule has 2 saturated heterocycles. The van der Waals surface area contributed by atoms with Crippen LogP contribution in [-0.2, 0) is 14.2 Å². The van der Waals surface area contributed by atoms with E-state index in [4.69, 9.17) is 25.8 Å². The molecule has 0 spiro atoms. The highest BCUT2D eigenvalue weighted by molar-refractivity contribution is 6.30. The topological polar surface area (TPSA) is 47.9 Å². The maximum Gasteiger partial charge on any atom is 0.191 e. The Morgan fingerprint density at radius 3 is 2.64 bits per heavy atom. The normalized spacial score (nSPS) is 44.3. The van der Waals surface area contributed by atoms with E-state index in [9.17, 15) is 5.11 Å². The van der Waals surface area contributed by atoms with Crippen LogP contribution < -0.4 is 0 Å². The monoisotopic (exact) mass is 218 g/mol. The maximum absolute atomic E-state index is 9.73. The smallest absolute Gasteiger partial charge is 0.191 e. The summed E-state index contributed by atoms with van der Waals surface area (Å²) >= 11 is 5.23. The molecule has 2 aliphatic rings. The second-order valence-corrected chi connectivity index (χ2v) is 3.94. The first kappa shape index (κ1) is 10.2. The molecule has 4 nitrogen and oxygen atoms in total. The van der Waals surface area contributed by atoms with Crippen molar-refractivity contribution >= 4 is 11.6 Å². The van der Waals surface area contributed by atoms with Crippen molar-refractivity contribution in [1.82, 2.24) is 0 Å². The summed E-state index contributed by atoms with van der Waals surface area (Å²) in [6.07, 6.45) is -2.47. The molecule has 1 N–H and O–H groups in total. The van der Waals surface area contributed by atoms with Gasteiger partial charge in [-0.3, -0.25) is 0 Å². The van der Waals surface area contributed by atoms with E-state index >= 15 is 0 Å². The Bertz CT molecular complexity index is 293. The molecule has 2 aliphatic heterocycles. The summed E-state index contributed by atoms with van der Waals surface area (Å²) in [6, 6.07) is 0. The van der Waals surface area contributed by atoms with Crippen molar-refractivity contribution in [1.29, 1.82) is 0 Å². The largest absolute Gasteiger partial charge is 0.386 e. The molecule has 14 heavy (non-hydrogen) atoms. The van der Waals surface area contributed by atoms with Gasteiger partial charge in [0, 0.05) is 5.38 Å². The van der Waals surface area contributed by atoms with Crippen LogP contribution >= 0.6 is 11.6 Å². The SMILES string of the molecule is CC1(C)O[C@H]2O[C@H](C#CCl)[C@@H](O)[C@H]2O1. The Labute approximate surface area is 87.1 Å². The standard InChI is InChI=1S/C9H11ClO4/c1-9(2)13-7-6(11)5(3-4-10)12-8(7)14-9/h5-8,11H,1-2H3/t5-,6-,7-,8-/m1/s1. The van der Waals surface area contributed by atoms with Crippen LogP contribution in [0.4, 0.5) is 0 Å². The van der Waals surface area contributed by atoms with Crippen molar-refractivity contribution in [2.75, 3.05) is 0 Å². The molecule has 2 heterocycles. The van der Waals surface area contributed by atoms with Gasteiger partial charge in [-0.05, 0) is 25.4 Å². The summed E-state index contributed by atoms with van der Waals surface area (Å²) in [5.41, 5.74) is 0. The van der Waals surface area contributed by atoms with E-state index in [2.05, 4.69) is 11.3 Å². The van der Waals surface area contributed by atoms with Crippen molar-refractivity contribution in [3.63, 3.8) is 0 Å². The number of halogens is 1. The summed E-state index contributed by atoms with van der Waals surface area (Å²) in [7, 11) is 0. The van der Waals surface area contributed by atoms with Crippen LogP contribution in [0, 0.1) is 11.3 Å². The molecule has 4 atom stereocenters. The van der Waals surface area contributed by atoms with E-state index in [1.165, 1.54) is 0 Å². The number of aliphatic hydroxyl groups is 1. The zero-order valence-electron chi connectivity index (χ0n) is 7.86. The lowest BCUT2D eigenvalue weighted by atomic mass is 10.1. The molecule has 0 radical (unpaired) electrons. The number of hydrogen-bond donors (Lipinski definition) is 1. The minimum absolute atomic E-state index is 0.479. The molecule has 0 aromatic heterocycles. The number of fused-ring (bicyclic) bond motifs is 1. The van der Waals surface area contributed by atoms with Crippen LogP contribution in [0.15, 0.2) is 0 Å². The maximum atomic E-state index is 9.73. The summed E-state index contributed by atoms with van der Waals surface area (Å²) < 4.78 is 16.2. The van der Waals surface area contributed by atoms with Crippen molar-refractivity contribution in [3.05, 3.63) is 0 Å². The van der Waals surface area contributed by atoms with Crippen molar-refractivity contribution < 1.29 is 19.3 Å². The molecule has 0 aromatic rings. The highest BCUT2D eigenvalue weighted by Crippen LogP contribution is 2.37. The quantitative estimate of drug-likeness (QED) is 0.599. The first-order chi connectivity index (χ1) is 6.53. The zero-order valence-corrected chi connectivity index (χ0v) is 8.62. The van der Waals surface area contributed by atoms with Crippen LogP contribution in [0.25, 0.3) is 0 Å². The van der Waals surface area contributed by atoms with E-state index in [1.54, 1.807) is 13.8 Å². The first-order valence-electron chi connectivity index (χ1n) is 4.34. The molecule has 78 valence electrons. The minimum Gasteiger partial charge on any atom is -0.386 e. The molecule has 5 heteroatoms. The molecular formula is C9H11ClO4. The van der Waals surface area contributed by atoms with Gasteiger partial charge in [0.25, 0.3) is 0 Å². The Balaban J connectivity index is 2.10. The predicted octanol–water partition coefficient (Wildman–Crippen LogP) is 0.423. The van der Waals surface area contributed by atoms with Gasteiger partial charge >= 0.3 is 0 Å². The Hall–Kier alpha value is -0.310. The van der Waals surface area contributed by atoms with Gasteiger partial charge in [-0.2, -0.15) is 0 Å². The molecular weight excluding hydrogens is 208 g/mol. The summed E-state index contributed by atoms with van der Waals surface area (Å²) in [5, 5.41) is 11.9. The van der Waals surface area contributed by atoms with Crippen LogP contribution in [0.5, 0.6) is 0 Å². The molecule has 0 amide bonds. The molecule has 0 aliphatic carbocycles. The number of hydrogen-bond acceptors (Lipinski definition) is 4. The van der Waals surface area contributed by atoms with E-state index in [0.29, 0.717) is 0 Å². The van der Waals surface area contributed by atoms with Gasteiger partial charge in [0.2, 0.25) is 0 Å². The van der Waals surface area contributed by atoms with Crippen LogP contribution in [-0.4, -0.2) is 35.5 Å². The van der Waals surface area contributed by atoms with Gasteiger partial charge in [0.1, 0.15) is 12.2 Å². The minimum atomic E-state index is -0.812. The lowest BCUT2D eigenvalue weighted by Gasteiger charge is -2.20. The zero-order chi connectivity index (χ0) is 10.3. The molecule has 2 fully saturated rings. The van der Waals surface area contributed by atoms with Gasteiger partial charge in [0.15, 0.2) is 18.2 Å². The molecule has 0 bridgehead atoms. The third-order valence-electron chi connectivity index (χ3n) is 2.21. The molecule has 0 unspecified atom stereocenters. The fraction of sp³-hybridized carbons (Fsp3) is 0.778. The second kappa shape index (κ2) is 3.37. The Morgan fingerprint density at radius 1 is 1.36 bits per heavy atom. The fourth-order valence-electron chi connectivity index (χ4n) is 1.66. The summed E-state index contributed by atoms with van der Waals surface area (Å²) in [5.74, 6) is 1.82. The summed E-state index contributed by atoms with van der Waals surface area (Å²) in [4.78, 5) is 0. The lowest BCUT2D eigenvalue weighted by molar-refractivity contribution is -0.208. The van der Waals surface area contributed by atoms with E-state index in [1.807, 2.05) is 0 Å². The average Bonchev–Trinajstić information content (AvgIpc) is 2.50. The molecule has 0 saturated carbocycles.